The third kappa shape index (κ3) is 1.90. The van der Waals surface area contributed by atoms with E-state index < -0.39 is 0 Å². The highest BCUT2D eigenvalue weighted by atomic mass is 35.5. The maximum absolute atomic E-state index is 6.29. The molecule has 0 heterocycles. The molecule has 16 heavy (non-hydrogen) atoms. The summed E-state index contributed by atoms with van der Waals surface area (Å²) in [6.07, 6.45) is 7.66. The van der Waals surface area contributed by atoms with Crippen molar-refractivity contribution in [3.63, 3.8) is 0 Å². The van der Waals surface area contributed by atoms with Gasteiger partial charge in [-0.25, -0.2) is 0 Å². The predicted octanol–water partition coefficient (Wildman–Crippen LogP) is 4.05. The Morgan fingerprint density at radius 2 is 1.44 bits per heavy atom. The Bertz CT molecular complexity index is 235. The summed E-state index contributed by atoms with van der Waals surface area (Å²) < 4.78 is 6.15. The molecule has 0 aromatic carbocycles. The van der Waals surface area contributed by atoms with Crippen molar-refractivity contribution in [3.8, 4) is 0 Å². The fraction of sp³-hybridized carbons (Fsp3) is 1.00. The Morgan fingerprint density at radius 1 is 0.938 bits per heavy atom. The van der Waals surface area contributed by atoms with E-state index in [0.717, 1.165) is 23.7 Å². The maximum Gasteiger partial charge on any atom is 0.133 e. The number of halogens is 1. The quantitative estimate of drug-likeness (QED) is 0.679. The van der Waals surface area contributed by atoms with Gasteiger partial charge in [0, 0.05) is 0 Å². The first-order valence-corrected chi connectivity index (χ1v) is 7.36. The van der Waals surface area contributed by atoms with Crippen molar-refractivity contribution < 1.29 is 4.74 Å². The molecule has 0 spiro atoms. The van der Waals surface area contributed by atoms with Crippen LogP contribution in [0, 0.1) is 29.6 Å². The van der Waals surface area contributed by atoms with Crippen molar-refractivity contribution in [1.82, 2.24) is 0 Å². The zero-order valence-corrected chi connectivity index (χ0v) is 11.1. The van der Waals surface area contributed by atoms with Gasteiger partial charge < -0.3 is 4.74 Å². The minimum absolute atomic E-state index is 0.0810. The van der Waals surface area contributed by atoms with E-state index in [4.69, 9.17) is 16.3 Å². The Balaban J connectivity index is 1.67. The van der Waals surface area contributed by atoms with E-state index in [9.17, 15) is 0 Å². The summed E-state index contributed by atoms with van der Waals surface area (Å²) >= 11 is 6.29. The van der Waals surface area contributed by atoms with Crippen LogP contribution in [0.25, 0.3) is 0 Å². The molecule has 2 heteroatoms. The standard InChI is InChI=1S/C14H23ClO/c1-8(2)14(15)16-13-11-4-9-3-10(6-11)7-12(13)5-9/h8-14H,3-7H2,1-2H3. The molecule has 4 saturated carbocycles. The molecule has 0 aromatic rings. The summed E-state index contributed by atoms with van der Waals surface area (Å²) in [6, 6.07) is 0. The first-order chi connectivity index (χ1) is 7.63. The summed E-state index contributed by atoms with van der Waals surface area (Å²) in [5.74, 6) is 4.14. The number of rotatable bonds is 3. The molecule has 0 saturated heterocycles. The molecule has 4 fully saturated rings. The molecule has 0 aliphatic heterocycles. The van der Waals surface area contributed by atoms with Crippen LogP contribution >= 0.6 is 11.6 Å². The van der Waals surface area contributed by atoms with Gasteiger partial charge in [-0.15, -0.1) is 0 Å². The van der Waals surface area contributed by atoms with Gasteiger partial charge in [0.25, 0.3) is 0 Å². The van der Waals surface area contributed by atoms with Crippen LogP contribution in [0.5, 0.6) is 0 Å². The van der Waals surface area contributed by atoms with Crippen LogP contribution < -0.4 is 0 Å². The van der Waals surface area contributed by atoms with E-state index in [0.29, 0.717) is 12.0 Å². The van der Waals surface area contributed by atoms with Crippen LogP contribution in [0.3, 0.4) is 0 Å². The van der Waals surface area contributed by atoms with Gasteiger partial charge in [0.05, 0.1) is 6.10 Å². The molecular formula is C14H23ClO. The molecule has 0 amide bonds. The van der Waals surface area contributed by atoms with E-state index in [2.05, 4.69) is 13.8 Å². The Hall–Kier alpha value is 0.250. The topological polar surface area (TPSA) is 9.23 Å². The zero-order chi connectivity index (χ0) is 11.3. The van der Waals surface area contributed by atoms with Crippen LogP contribution in [0.15, 0.2) is 0 Å². The summed E-state index contributed by atoms with van der Waals surface area (Å²) in [4.78, 5) is 0. The third-order valence-electron chi connectivity index (χ3n) is 4.95. The number of hydrogen-bond acceptors (Lipinski definition) is 1. The minimum atomic E-state index is -0.0810. The molecule has 0 N–H and O–H groups in total. The summed E-state index contributed by atoms with van der Waals surface area (Å²) in [5, 5.41) is 0. The summed E-state index contributed by atoms with van der Waals surface area (Å²) in [6.45, 7) is 4.29. The average Bonchev–Trinajstić information content (AvgIpc) is 2.21. The average molecular weight is 243 g/mol. The van der Waals surface area contributed by atoms with Crippen molar-refractivity contribution in [3.05, 3.63) is 0 Å². The van der Waals surface area contributed by atoms with Crippen LogP contribution in [0.1, 0.15) is 46.0 Å². The molecule has 92 valence electrons. The van der Waals surface area contributed by atoms with Crippen molar-refractivity contribution >= 4 is 11.6 Å². The Morgan fingerprint density at radius 3 is 1.88 bits per heavy atom. The first kappa shape index (κ1) is 11.3. The first-order valence-electron chi connectivity index (χ1n) is 6.93. The van der Waals surface area contributed by atoms with Gasteiger partial charge in [-0.05, 0) is 61.7 Å². The lowest BCUT2D eigenvalue weighted by Crippen LogP contribution is -2.50. The highest BCUT2D eigenvalue weighted by Crippen LogP contribution is 2.55. The molecule has 0 radical (unpaired) electrons. The van der Waals surface area contributed by atoms with E-state index in [1.165, 1.54) is 32.1 Å². The van der Waals surface area contributed by atoms with Crippen LogP contribution in [-0.4, -0.2) is 11.7 Å². The highest BCUT2D eigenvalue weighted by molar-refractivity contribution is 6.19. The SMILES string of the molecule is CC(C)C(Cl)OC1C2CC3CC(C2)CC1C3. The molecule has 1 atom stereocenters. The Labute approximate surface area is 104 Å². The predicted molar refractivity (Wildman–Crippen MR) is 66.4 cm³/mol. The molecule has 1 unspecified atom stereocenters. The van der Waals surface area contributed by atoms with E-state index in [1.807, 2.05) is 0 Å². The largest absolute Gasteiger partial charge is 0.358 e. The molecule has 4 aliphatic carbocycles. The summed E-state index contributed by atoms with van der Waals surface area (Å²) in [5.41, 5.74) is -0.0810. The second-order valence-corrected chi connectivity index (χ2v) is 7.06. The number of ether oxygens (including phenoxy) is 1. The second kappa shape index (κ2) is 4.17. The van der Waals surface area contributed by atoms with Crippen molar-refractivity contribution in [1.29, 1.82) is 0 Å². The zero-order valence-electron chi connectivity index (χ0n) is 10.4. The van der Waals surface area contributed by atoms with Crippen molar-refractivity contribution in [2.45, 2.75) is 57.6 Å². The van der Waals surface area contributed by atoms with Gasteiger partial charge in [-0.3, -0.25) is 0 Å². The lowest BCUT2D eigenvalue weighted by Gasteiger charge is -2.54. The Kier molecular flexibility index (Phi) is 2.96. The molecule has 4 rings (SSSR count). The monoisotopic (exact) mass is 242 g/mol. The van der Waals surface area contributed by atoms with Crippen LogP contribution in [-0.2, 0) is 4.74 Å². The highest BCUT2D eigenvalue weighted by Gasteiger charge is 2.49. The smallest absolute Gasteiger partial charge is 0.133 e. The van der Waals surface area contributed by atoms with Gasteiger partial charge in [-0.1, -0.05) is 25.4 Å². The van der Waals surface area contributed by atoms with E-state index in [1.54, 1.807) is 0 Å². The van der Waals surface area contributed by atoms with Gasteiger partial charge >= 0.3 is 0 Å². The normalized spacial score (nSPS) is 47.6. The van der Waals surface area contributed by atoms with E-state index in [-0.39, 0.29) is 5.56 Å². The van der Waals surface area contributed by atoms with Crippen molar-refractivity contribution in [2.75, 3.05) is 0 Å². The van der Waals surface area contributed by atoms with Gasteiger partial charge in [0.1, 0.15) is 5.56 Å². The number of alkyl halides is 1. The lowest BCUT2D eigenvalue weighted by atomic mass is 9.55. The van der Waals surface area contributed by atoms with Crippen molar-refractivity contribution in [2.24, 2.45) is 29.6 Å². The molecule has 1 nitrogen and oxygen atoms in total. The summed E-state index contributed by atoms with van der Waals surface area (Å²) in [7, 11) is 0. The molecule has 4 bridgehead atoms. The van der Waals surface area contributed by atoms with Gasteiger partial charge in [-0.2, -0.15) is 0 Å². The lowest BCUT2D eigenvalue weighted by molar-refractivity contribution is -0.140. The van der Waals surface area contributed by atoms with Crippen LogP contribution in [0.2, 0.25) is 0 Å². The van der Waals surface area contributed by atoms with Gasteiger partial charge in [0.2, 0.25) is 0 Å². The third-order valence-corrected chi connectivity index (χ3v) is 5.56. The molecule has 0 aromatic heterocycles. The maximum atomic E-state index is 6.29. The fourth-order valence-corrected chi connectivity index (χ4v) is 4.52. The van der Waals surface area contributed by atoms with Gasteiger partial charge in [0.15, 0.2) is 0 Å². The van der Waals surface area contributed by atoms with E-state index >= 15 is 0 Å². The minimum Gasteiger partial charge on any atom is -0.358 e. The number of hydrogen-bond donors (Lipinski definition) is 0. The fourth-order valence-electron chi connectivity index (χ4n) is 4.40. The van der Waals surface area contributed by atoms with Crippen LogP contribution in [0.4, 0.5) is 0 Å². The molecule has 4 aliphatic rings. The molecular weight excluding hydrogens is 220 g/mol. The second-order valence-electron chi connectivity index (χ2n) is 6.63.